The number of nitrogens with zero attached hydrogens (tertiary/aromatic N) is 1. The summed E-state index contributed by atoms with van der Waals surface area (Å²) < 4.78 is 0. The largest absolute Gasteiger partial charge is 0.266 e. The molecule has 30 heavy (non-hydrogen) atoms. The molecule has 7 rings (SSSR count). The minimum Gasteiger partial charge on any atom is -0.266 e. The van der Waals surface area contributed by atoms with E-state index in [0.717, 1.165) is 5.52 Å². The molecule has 2 heteroatoms. The van der Waals surface area contributed by atoms with E-state index in [-0.39, 0.29) is 26.5 Å². The average molecular weight is 562 g/mol. The number of fused-ring (bicyclic) bond motifs is 12. The van der Waals surface area contributed by atoms with E-state index in [1.165, 1.54) is 49.9 Å². The normalized spacial score (nSPS) is 14.0. The molecule has 1 nitrogen and oxygen atoms in total. The van der Waals surface area contributed by atoms with Crippen molar-refractivity contribution in [2.45, 2.75) is 5.41 Å². The molecule has 2 aliphatic carbocycles. The van der Waals surface area contributed by atoms with Crippen LogP contribution < -0.4 is 0 Å². The van der Waals surface area contributed by atoms with Gasteiger partial charge in [0.15, 0.2) is 0 Å². The van der Waals surface area contributed by atoms with E-state index >= 15 is 0 Å². The third kappa shape index (κ3) is 1.94. The fourth-order valence-corrected chi connectivity index (χ4v) is 5.63. The van der Waals surface area contributed by atoms with Gasteiger partial charge in [0.25, 0.3) is 0 Å². The van der Waals surface area contributed by atoms with Gasteiger partial charge < -0.3 is 0 Å². The number of pyridine rings is 1. The Hall–Kier alpha value is -3.02. The molecule has 0 saturated carbocycles. The van der Waals surface area contributed by atoms with Crippen LogP contribution in [0.2, 0.25) is 0 Å². The van der Waals surface area contributed by atoms with Crippen LogP contribution in [0.1, 0.15) is 22.3 Å². The monoisotopic (exact) mass is 561 g/mol. The van der Waals surface area contributed by atoms with Crippen LogP contribution in [0.5, 0.6) is 0 Å². The van der Waals surface area contributed by atoms with Gasteiger partial charge in [-0.05, 0) is 33.7 Å². The van der Waals surface area contributed by atoms with E-state index in [2.05, 4.69) is 84.9 Å². The number of hydrogen-bond donors (Lipinski definition) is 0. The van der Waals surface area contributed by atoms with Gasteiger partial charge in [0.2, 0.25) is 0 Å². The second-order valence-electron chi connectivity index (χ2n) is 7.86. The van der Waals surface area contributed by atoms with Gasteiger partial charge in [-0.2, -0.15) is 0 Å². The summed E-state index contributed by atoms with van der Waals surface area (Å²) in [6.45, 7) is 0. The van der Waals surface area contributed by atoms with Crippen LogP contribution in [0.4, 0.5) is 0 Å². The summed E-state index contributed by atoms with van der Waals surface area (Å²) in [6.07, 6.45) is 1.90. The zero-order chi connectivity index (χ0) is 19.0. The number of rotatable bonds is 0. The van der Waals surface area contributed by atoms with Crippen molar-refractivity contribution in [2.75, 3.05) is 0 Å². The first-order chi connectivity index (χ1) is 14.4. The summed E-state index contributed by atoms with van der Waals surface area (Å²) in [7, 11) is 0. The molecule has 0 fully saturated rings. The molecule has 1 spiro atoms. The Morgan fingerprint density at radius 2 is 1.33 bits per heavy atom. The summed E-state index contributed by atoms with van der Waals surface area (Å²) in [5.74, 6) is 0. The fraction of sp³-hybridized carbons (Fsp3) is 0.0357. The first-order valence-electron chi connectivity index (χ1n) is 10.00. The van der Waals surface area contributed by atoms with Gasteiger partial charge in [0.05, 0.1) is 0 Å². The molecule has 0 radical (unpaired) electrons. The molecule has 0 N–H and O–H groups in total. The zero-order valence-corrected chi connectivity index (χ0v) is 18.3. The first-order valence-corrected chi connectivity index (χ1v) is 10.00. The van der Waals surface area contributed by atoms with E-state index in [9.17, 15) is 0 Å². The fourth-order valence-electron chi connectivity index (χ4n) is 5.63. The predicted molar refractivity (Wildman–Crippen MR) is 117 cm³/mol. The van der Waals surface area contributed by atoms with Crippen LogP contribution in [-0.4, -0.2) is 4.98 Å². The average Bonchev–Trinajstić information content (AvgIpc) is 3.27. The Balaban J connectivity index is 0.00000175. The Kier molecular flexibility index (Phi) is 3.70. The van der Waals surface area contributed by atoms with Crippen molar-refractivity contribution in [3.05, 3.63) is 126 Å². The maximum absolute atomic E-state index is 4.80. The third-order valence-electron chi connectivity index (χ3n) is 6.64. The van der Waals surface area contributed by atoms with Gasteiger partial charge in [-0.3, -0.25) is 4.98 Å². The molecule has 0 amide bonds. The van der Waals surface area contributed by atoms with E-state index in [1.807, 2.05) is 18.3 Å². The summed E-state index contributed by atoms with van der Waals surface area (Å²) in [6, 6.07) is 36.4. The Morgan fingerprint density at radius 1 is 0.633 bits per heavy atom. The van der Waals surface area contributed by atoms with Crippen molar-refractivity contribution in [3.63, 3.8) is 0 Å². The summed E-state index contributed by atoms with van der Waals surface area (Å²) in [5, 5.41) is 1.17. The van der Waals surface area contributed by atoms with E-state index in [4.69, 9.17) is 4.98 Å². The predicted octanol–water partition coefficient (Wildman–Crippen LogP) is 6.38. The van der Waals surface area contributed by atoms with Gasteiger partial charge in [-0.1, -0.05) is 77.9 Å². The SMILES string of the molecule is [Pt].[c-]1cccc2c1-c1c(ccc3cccnc13)C21c2ccccc2-c2ccccc21. The minimum atomic E-state index is -0.304. The maximum Gasteiger partial charge on any atom is 0.0369 e. The molecule has 144 valence electrons. The quantitative estimate of drug-likeness (QED) is 0.196. The molecule has 0 saturated heterocycles. The Labute approximate surface area is 189 Å². The van der Waals surface area contributed by atoms with Crippen molar-refractivity contribution < 1.29 is 21.1 Å². The summed E-state index contributed by atoms with van der Waals surface area (Å²) in [5.41, 5.74) is 11.2. The molecule has 0 bridgehead atoms. The smallest absolute Gasteiger partial charge is 0.0369 e. The number of hydrogen-bond acceptors (Lipinski definition) is 1. The second-order valence-corrected chi connectivity index (χ2v) is 7.86. The van der Waals surface area contributed by atoms with Crippen LogP contribution >= 0.6 is 0 Å². The van der Waals surface area contributed by atoms with Gasteiger partial charge in [0, 0.05) is 38.2 Å². The van der Waals surface area contributed by atoms with Crippen molar-refractivity contribution in [2.24, 2.45) is 0 Å². The summed E-state index contributed by atoms with van der Waals surface area (Å²) >= 11 is 0. The minimum absolute atomic E-state index is 0. The summed E-state index contributed by atoms with van der Waals surface area (Å²) in [4.78, 5) is 4.80. The number of aromatic nitrogens is 1. The Bertz CT molecular complexity index is 1420. The molecule has 2 aliphatic rings. The van der Waals surface area contributed by atoms with Gasteiger partial charge in [0.1, 0.15) is 0 Å². The van der Waals surface area contributed by atoms with Crippen molar-refractivity contribution in [3.8, 4) is 22.3 Å². The molecule has 1 aromatic heterocycles. The van der Waals surface area contributed by atoms with E-state index in [1.54, 1.807) is 0 Å². The third-order valence-corrected chi connectivity index (χ3v) is 6.64. The van der Waals surface area contributed by atoms with Crippen LogP contribution in [-0.2, 0) is 26.5 Å². The Morgan fingerprint density at radius 3 is 2.10 bits per heavy atom. The standard InChI is InChI=1S/C28H16N.Pt/c1-4-12-22-19(9-1)20-10-2-5-13-23(20)28(22)24-14-6-3-11-21(24)26-25(28)16-15-18-8-7-17-29-27(18)26;/h1-10,12-17H;/q-1;. The molecule has 0 atom stereocenters. The molecule has 0 aliphatic heterocycles. The second kappa shape index (κ2) is 6.24. The van der Waals surface area contributed by atoms with Crippen LogP contribution in [0, 0.1) is 6.07 Å². The van der Waals surface area contributed by atoms with Crippen LogP contribution in [0.3, 0.4) is 0 Å². The molecule has 0 unspecified atom stereocenters. The van der Waals surface area contributed by atoms with E-state index < -0.39 is 0 Å². The van der Waals surface area contributed by atoms with Gasteiger partial charge in [-0.25, -0.2) is 0 Å². The number of benzene rings is 4. The van der Waals surface area contributed by atoms with Crippen molar-refractivity contribution in [1.82, 2.24) is 4.98 Å². The van der Waals surface area contributed by atoms with Crippen molar-refractivity contribution in [1.29, 1.82) is 0 Å². The van der Waals surface area contributed by atoms with Crippen molar-refractivity contribution >= 4 is 10.9 Å². The zero-order valence-electron chi connectivity index (χ0n) is 16.0. The molecular formula is C28H16NPt-. The van der Waals surface area contributed by atoms with E-state index in [0.29, 0.717) is 0 Å². The van der Waals surface area contributed by atoms with Gasteiger partial charge in [-0.15, -0.1) is 35.4 Å². The van der Waals surface area contributed by atoms with Gasteiger partial charge >= 0.3 is 0 Å². The molecule has 4 aromatic carbocycles. The topological polar surface area (TPSA) is 12.9 Å². The van der Waals surface area contributed by atoms with Crippen LogP contribution in [0.25, 0.3) is 33.2 Å². The first kappa shape index (κ1) is 17.8. The maximum atomic E-state index is 4.80. The molecule has 1 heterocycles. The molecule has 5 aromatic rings. The molecular weight excluding hydrogens is 545 g/mol. The van der Waals surface area contributed by atoms with Crippen LogP contribution in [0.15, 0.2) is 97.2 Å².